The molecule has 1 amide bonds. The number of hydrogen-bond donors (Lipinski definition) is 1. The Morgan fingerprint density at radius 1 is 1.03 bits per heavy atom. The Bertz CT molecular complexity index is 1460. The van der Waals surface area contributed by atoms with E-state index < -0.39 is 12.5 Å². The van der Waals surface area contributed by atoms with Gasteiger partial charge in [0.25, 0.3) is 5.56 Å². The molecule has 35 heavy (non-hydrogen) atoms. The van der Waals surface area contributed by atoms with Crippen LogP contribution in [0.2, 0.25) is 0 Å². The minimum absolute atomic E-state index is 0.0525. The number of Topliss-reactive ketones (excluding diaryl/α,β-unsaturated/α-hetero) is 1. The predicted octanol–water partition coefficient (Wildman–Crippen LogP) is 4.92. The lowest BCUT2D eigenvalue weighted by atomic mass is 10.1. The summed E-state index contributed by atoms with van der Waals surface area (Å²) in [6, 6.07) is 19.0. The summed E-state index contributed by atoms with van der Waals surface area (Å²) in [5.74, 6) is -0.719. The Kier molecular flexibility index (Phi) is 7.21. The third kappa shape index (κ3) is 5.55. The molecule has 178 valence electrons. The fourth-order valence-electron chi connectivity index (χ4n) is 3.43. The first kappa shape index (κ1) is 24.1. The molecule has 0 saturated carbocycles. The van der Waals surface area contributed by atoms with Crippen LogP contribution in [0.5, 0.6) is 5.75 Å². The number of para-hydroxylation sites is 2. The zero-order valence-corrected chi connectivity index (χ0v) is 19.2. The lowest BCUT2D eigenvalue weighted by molar-refractivity contribution is -0.113. The summed E-state index contributed by atoms with van der Waals surface area (Å²) in [6.45, 7) is -1.56. The van der Waals surface area contributed by atoms with Crippen LogP contribution in [0, 0.1) is 0 Å². The van der Waals surface area contributed by atoms with Crippen LogP contribution in [-0.4, -0.2) is 33.6 Å². The minimum Gasteiger partial charge on any atom is -0.435 e. The maximum absolute atomic E-state index is 13.3. The number of benzene rings is 3. The second-order valence-electron chi connectivity index (χ2n) is 7.36. The highest BCUT2D eigenvalue weighted by atomic mass is 32.2. The molecule has 0 bridgehead atoms. The molecule has 1 aromatic heterocycles. The molecule has 0 aliphatic rings. The predicted molar refractivity (Wildman–Crippen MR) is 130 cm³/mol. The molecule has 0 aliphatic heterocycles. The lowest BCUT2D eigenvalue weighted by Crippen LogP contribution is -2.23. The van der Waals surface area contributed by atoms with E-state index in [-0.39, 0.29) is 28.0 Å². The lowest BCUT2D eigenvalue weighted by Gasteiger charge is -2.14. The van der Waals surface area contributed by atoms with Crippen LogP contribution in [0.25, 0.3) is 16.6 Å². The molecular formula is C25H19F2N3O4S. The summed E-state index contributed by atoms with van der Waals surface area (Å²) in [5.41, 5.74) is 1.24. The van der Waals surface area contributed by atoms with Crippen LogP contribution in [0.15, 0.2) is 82.7 Å². The van der Waals surface area contributed by atoms with Gasteiger partial charge in [0.1, 0.15) is 5.75 Å². The molecule has 3 aromatic carbocycles. The number of fused-ring (bicyclic) bond motifs is 1. The van der Waals surface area contributed by atoms with Gasteiger partial charge in [0.05, 0.1) is 28.0 Å². The molecule has 4 rings (SSSR count). The van der Waals surface area contributed by atoms with Gasteiger partial charge in [-0.3, -0.25) is 19.0 Å². The van der Waals surface area contributed by atoms with E-state index in [0.29, 0.717) is 27.8 Å². The summed E-state index contributed by atoms with van der Waals surface area (Å²) < 4.78 is 30.7. The number of alkyl halides is 2. The summed E-state index contributed by atoms with van der Waals surface area (Å²) >= 11 is 1.03. The number of carbonyl (C=O) groups is 2. The SMILES string of the molecule is CC(=O)c1ccccc1NC(=O)CSc1nc2ccccc2c(=O)n1-c1ccc(OC(F)F)cc1. The van der Waals surface area contributed by atoms with E-state index in [0.717, 1.165) is 11.8 Å². The van der Waals surface area contributed by atoms with Crippen LogP contribution in [-0.2, 0) is 4.79 Å². The second-order valence-corrected chi connectivity index (χ2v) is 8.31. The molecule has 0 radical (unpaired) electrons. The molecule has 0 fully saturated rings. The van der Waals surface area contributed by atoms with E-state index in [1.807, 2.05) is 0 Å². The highest BCUT2D eigenvalue weighted by Gasteiger charge is 2.16. The van der Waals surface area contributed by atoms with E-state index in [9.17, 15) is 23.2 Å². The van der Waals surface area contributed by atoms with E-state index >= 15 is 0 Å². The quantitative estimate of drug-likeness (QED) is 0.212. The van der Waals surface area contributed by atoms with Gasteiger partial charge < -0.3 is 10.1 Å². The van der Waals surface area contributed by atoms with Crippen molar-refractivity contribution in [1.29, 1.82) is 0 Å². The van der Waals surface area contributed by atoms with Crippen LogP contribution >= 0.6 is 11.8 Å². The van der Waals surface area contributed by atoms with Crippen LogP contribution in [0.3, 0.4) is 0 Å². The molecule has 0 spiro atoms. The van der Waals surface area contributed by atoms with Crippen molar-refractivity contribution in [1.82, 2.24) is 9.55 Å². The molecule has 0 aliphatic carbocycles. The van der Waals surface area contributed by atoms with Crippen LogP contribution < -0.4 is 15.6 Å². The number of anilines is 1. The monoisotopic (exact) mass is 495 g/mol. The highest BCUT2D eigenvalue weighted by Crippen LogP contribution is 2.24. The number of thioether (sulfide) groups is 1. The number of carbonyl (C=O) groups excluding carboxylic acids is 2. The molecule has 0 atom stereocenters. The number of rotatable bonds is 8. The average Bonchev–Trinajstić information content (AvgIpc) is 2.83. The number of ether oxygens (including phenoxy) is 1. The molecule has 0 unspecified atom stereocenters. The Morgan fingerprint density at radius 3 is 2.43 bits per heavy atom. The van der Waals surface area contributed by atoms with Crippen molar-refractivity contribution >= 4 is 40.0 Å². The zero-order valence-electron chi connectivity index (χ0n) is 18.4. The van der Waals surface area contributed by atoms with Crippen molar-refractivity contribution in [2.45, 2.75) is 18.7 Å². The average molecular weight is 496 g/mol. The highest BCUT2D eigenvalue weighted by molar-refractivity contribution is 7.99. The number of hydrogen-bond acceptors (Lipinski definition) is 6. The van der Waals surface area contributed by atoms with Crippen molar-refractivity contribution in [2.24, 2.45) is 0 Å². The maximum atomic E-state index is 13.3. The summed E-state index contributed by atoms with van der Waals surface area (Å²) in [7, 11) is 0. The number of ketones is 1. The number of amides is 1. The van der Waals surface area contributed by atoms with Crippen molar-refractivity contribution in [2.75, 3.05) is 11.1 Å². The van der Waals surface area contributed by atoms with E-state index in [2.05, 4.69) is 15.0 Å². The number of halogens is 2. The molecule has 1 N–H and O–H groups in total. The largest absolute Gasteiger partial charge is 0.435 e. The Balaban J connectivity index is 1.65. The van der Waals surface area contributed by atoms with Gasteiger partial charge in [-0.25, -0.2) is 4.98 Å². The van der Waals surface area contributed by atoms with Crippen molar-refractivity contribution in [3.63, 3.8) is 0 Å². The first-order valence-electron chi connectivity index (χ1n) is 10.4. The van der Waals surface area contributed by atoms with Crippen molar-refractivity contribution in [3.05, 3.63) is 88.7 Å². The van der Waals surface area contributed by atoms with Gasteiger partial charge in [-0.15, -0.1) is 0 Å². The summed E-state index contributed by atoms with van der Waals surface area (Å²) in [4.78, 5) is 42.3. The minimum atomic E-state index is -2.97. The van der Waals surface area contributed by atoms with E-state index in [1.54, 1.807) is 48.5 Å². The number of aromatic nitrogens is 2. The Hall–Kier alpha value is -4.05. The molecule has 0 saturated heterocycles. The third-order valence-corrected chi connectivity index (χ3v) is 5.92. The topological polar surface area (TPSA) is 90.3 Å². The van der Waals surface area contributed by atoms with Gasteiger partial charge in [-0.05, 0) is 55.5 Å². The van der Waals surface area contributed by atoms with Gasteiger partial charge >= 0.3 is 6.61 Å². The summed E-state index contributed by atoms with van der Waals surface area (Å²) in [5, 5.41) is 3.32. The molecule has 4 aromatic rings. The number of nitrogens with one attached hydrogen (secondary N) is 1. The van der Waals surface area contributed by atoms with Gasteiger partial charge in [0.15, 0.2) is 10.9 Å². The van der Waals surface area contributed by atoms with Gasteiger partial charge in [0, 0.05) is 5.56 Å². The van der Waals surface area contributed by atoms with Crippen LogP contribution in [0.4, 0.5) is 14.5 Å². The smallest absolute Gasteiger partial charge is 0.387 e. The molecule has 7 nitrogen and oxygen atoms in total. The fourth-order valence-corrected chi connectivity index (χ4v) is 4.24. The van der Waals surface area contributed by atoms with Crippen LogP contribution in [0.1, 0.15) is 17.3 Å². The van der Waals surface area contributed by atoms with E-state index in [1.165, 1.54) is 35.8 Å². The Morgan fingerprint density at radius 2 is 1.71 bits per heavy atom. The normalized spacial score (nSPS) is 11.0. The Labute approximate surface area is 202 Å². The zero-order chi connectivity index (χ0) is 24.9. The molecular weight excluding hydrogens is 476 g/mol. The van der Waals surface area contributed by atoms with Gasteiger partial charge in [-0.1, -0.05) is 36.0 Å². The standard InChI is InChI=1S/C25H19F2N3O4S/c1-15(31)18-6-2-4-8-20(18)28-22(32)14-35-25-29-21-9-5-3-7-19(21)23(33)30(25)16-10-12-17(13-11-16)34-24(26)27/h2-13,24H,14H2,1H3,(H,28,32). The third-order valence-electron chi connectivity index (χ3n) is 4.98. The maximum Gasteiger partial charge on any atom is 0.387 e. The first-order valence-corrected chi connectivity index (χ1v) is 11.4. The van der Waals surface area contributed by atoms with Gasteiger partial charge in [-0.2, -0.15) is 8.78 Å². The fraction of sp³-hybridized carbons (Fsp3) is 0.120. The van der Waals surface area contributed by atoms with Gasteiger partial charge in [0.2, 0.25) is 5.91 Å². The van der Waals surface area contributed by atoms with Crippen molar-refractivity contribution < 1.29 is 23.1 Å². The molecule has 10 heteroatoms. The van der Waals surface area contributed by atoms with Crippen molar-refractivity contribution in [3.8, 4) is 11.4 Å². The first-order chi connectivity index (χ1) is 16.8. The second kappa shape index (κ2) is 10.5. The summed E-state index contributed by atoms with van der Waals surface area (Å²) in [6.07, 6.45) is 0. The van der Waals surface area contributed by atoms with E-state index in [4.69, 9.17) is 0 Å². The molecule has 1 heterocycles. The number of nitrogens with zero attached hydrogens (tertiary/aromatic N) is 2.